The van der Waals surface area contributed by atoms with Crippen LogP contribution in [0.5, 0.6) is 0 Å². The molecule has 1 saturated heterocycles. The molecule has 82 valence electrons. The van der Waals surface area contributed by atoms with Gasteiger partial charge in [0.05, 0.1) is 0 Å². The Morgan fingerprint density at radius 2 is 2.33 bits per heavy atom. The van der Waals surface area contributed by atoms with Gasteiger partial charge in [-0.25, -0.2) is 0 Å². The zero-order valence-electron chi connectivity index (χ0n) is 8.45. The van der Waals surface area contributed by atoms with Crippen LogP contribution in [0.3, 0.4) is 0 Å². The fourth-order valence-corrected chi connectivity index (χ4v) is 2.94. The molecule has 5 heteroatoms. The van der Waals surface area contributed by atoms with E-state index in [0.717, 1.165) is 17.6 Å². The summed E-state index contributed by atoms with van der Waals surface area (Å²) in [6.07, 6.45) is 4.02. The number of aromatic nitrogens is 2. The van der Waals surface area contributed by atoms with E-state index in [0.29, 0.717) is 5.15 Å². The number of halogens is 1. The number of hydrogen-bond acceptors (Lipinski definition) is 4. The molecule has 1 aromatic heterocycles. The summed E-state index contributed by atoms with van der Waals surface area (Å²) < 4.78 is 0. The second-order valence-corrected chi connectivity index (χ2v) is 5.41. The van der Waals surface area contributed by atoms with E-state index in [1.165, 1.54) is 25.0 Å². The molecule has 2 rings (SSSR count). The number of thioether (sulfide) groups is 1. The van der Waals surface area contributed by atoms with E-state index in [1.54, 1.807) is 6.07 Å². The first-order chi connectivity index (χ1) is 7.34. The summed E-state index contributed by atoms with van der Waals surface area (Å²) in [5.41, 5.74) is 0. The fraction of sp³-hybridized carbons (Fsp3) is 0.600. The average Bonchev–Trinajstić information content (AvgIpc) is 2.30. The van der Waals surface area contributed by atoms with Crippen LogP contribution in [0.2, 0.25) is 5.15 Å². The first-order valence-corrected chi connectivity index (χ1v) is 6.62. The van der Waals surface area contributed by atoms with Crippen molar-refractivity contribution in [2.75, 3.05) is 17.6 Å². The Kier molecular flexibility index (Phi) is 4.09. The normalized spacial score (nSPS) is 21.3. The molecule has 15 heavy (non-hydrogen) atoms. The van der Waals surface area contributed by atoms with Gasteiger partial charge in [0.2, 0.25) is 0 Å². The summed E-state index contributed by atoms with van der Waals surface area (Å²) in [5.74, 6) is 2.10. The molecule has 0 aliphatic carbocycles. The molecule has 3 nitrogen and oxygen atoms in total. The van der Waals surface area contributed by atoms with Gasteiger partial charge in [-0.1, -0.05) is 18.0 Å². The van der Waals surface area contributed by atoms with Crippen molar-refractivity contribution >= 4 is 29.2 Å². The third-order valence-electron chi connectivity index (χ3n) is 2.42. The molecule has 0 amide bonds. The van der Waals surface area contributed by atoms with Crippen LogP contribution >= 0.6 is 23.4 Å². The Labute approximate surface area is 99.0 Å². The molecule has 0 radical (unpaired) electrons. The van der Waals surface area contributed by atoms with Gasteiger partial charge < -0.3 is 5.32 Å². The van der Waals surface area contributed by atoms with E-state index < -0.39 is 0 Å². The third kappa shape index (κ3) is 3.54. The number of rotatable bonds is 3. The van der Waals surface area contributed by atoms with Crippen molar-refractivity contribution in [2.24, 2.45) is 0 Å². The SMILES string of the molecule is Clc1ccc(NCC2CCCCS2)nn1. The quantitative estimate of drug-likeness (QED) is 0.886. The van der Waals surface area contributed by atoms with Crippen molar-refractivity contribution < 1.29 is 0 Å². The monoisotopic (exact) mass is 243 g/mol. The van der Waals surface area contributed by atoms with Gasteiger partial charge in [0.25, 0.3) is 0 Å². The van der Waals surface area contributed by atoms with Crippen molar-refractivity contribution in [3.8, 4) is 0 Å². The van der Waals surface area contributed by atoms with Crippen molar-refractivity contribution in [3.05, 3.63) is 17.3 Å². The lowest BCUT2D eigenvalue weighted by atomic mass is 10.2. The lowest BCUT2D eigenvalue weighted by molar-refractivity contribution is 0.676. The predicted octanol–water partition coefficient (Wildman–Crippen LogP) is 2.83. The smallest absolute Gasteiger partial charge is 0.151 e. The highest BCUT2D eigenvalue weighted by Gasteiger charge is 2.13. The second-order valence-electron chi connectivity index (χ2n) is 3.61. The van der Waals surface area contributed by atoms with E-state index in [1.807, 2.05) is 17.8 Å². The lowest BCUT2D eigenvalue weighted by Gasteiger charge is -2.21. The van der Waals surface area contributed by atoms with E-state index in [9.17, 15) is 0 Å². The second kappa shape index (κ2) is 5.56. The minimum Gasteiger partial charge on any atom is -0.367 e. The standard InChI is InChI=1S/C10H14ClN3S/c11-9-4-5-10(14-13-9)12-7-8-3-1-2-6-15-8/h4-5,8H,1-3,6-7H2,(H,12,14). The molecule has 1 unspecified atom stereocenters. The fourth-order valence-electron chi connectivity index (χ4n) is 1.60. The van der Waals surface area contributed by atoms with Crippen LogP contribution in [0.15, 0.2) is 12.1 Å². The van der Waals surface area contributed by atoms with Crippen LogP contribution in [-0.2, 0) is 0 Å². The highest BCUT2D eigenvalue weighted by atomic mass is 35.5. The molecular weight excluding hydrogens is 230 g/mol. The molecule has 0 aromatic carbocycles. The Bertz CT molecular complexity index is 298. The van der Waals surface area contributed by atoms with E-state index >= 15 is 0 Å². The summed E-state index contributed by atoms with van der Waals surface area (Å²) in [7, 11) is 0. The van der Waals surface area contributed by atoms with Crippen molar-refractivity contribution in [1.82, 2.24) is 10.2 Å². The molecule has 1 aromatic rings. The van der Waals surface area contributed by atoms with Gasteiger partial charge in [-0.2, -0.15) is 11.8 Å². The lowest BCUT2D eigenvalue weighted by Crippen LogP contribution is -2.20. The molecule has 1 atom stereocenters. The maximum Gasteiger partial charge on any atom is 0.151 e. The van der Waals surface area contributed by atoms with Crippen LogP contribution in [0.25, 0.3) is 0 Å². The van der Waals surface area contributed by atoms with Crippen molar-refractivity contribution in [1.29, 1.82) is 0 Å². The van der Waals surface area contributed by atoms with Gasteiger partial charge in [0.1, 0.15) is 5.82 Å². The Hall–Kier alpha value is -0.480. The molecular formula is C10H14ClN3S. The molecule has 2 heterocycles. The summed E-state index contributed by atoms with van der Waals surface area (Å²) in [6, 6.07) is 3.62. The van der Waals surface area contributed by atoms with Crippen LogP contribution in [0.4, 0.5) is 5.82 Å². The summed E-state index contributed by atoms with van der Waals surface area (Å²) >= 11 is 7.70. The highest BCUT2D eigenvalue weighted by molar-refractivity contribution is 7.99. The van der Waals surface area contributed by atoms with Crippen molar-refractivity contribution in [2.45, 2.75) is 24.5 Å². The number of anilines is 1. The Morgan fingerprint density at radius 1 is 1.40 bits per heavy atom. The van der Waals surface area contributed by atoms with Gasteiger partial charge in [0, 0.05) is 11.8 Å². The van der Waals surface area contributed by atoms with Gasteiger partial charge in [0.15, 0.2) is 5.15 Å². The number of nitrogens with zero attached hydrogens (tertiary/aromatic N) is 2. The maximum absolute atomic E-state index is 5.66. The maximum atomic E-state index is 5.66. The van der Waals surface area contributed by atoms with Gasteiger partial charge >= 0.3 is 0 Å². The van der Waals surface area contributed by atoms with Crippen LogP contribution in [-0.4, -0.2) is 27.7 Å². The zero-order chi connectivity index (χ0) is 10.5. The van der Waals surface area contributed by atoms with E-state index in [-0.39, 0.29) is 0 Å². The predicted molar refractivity (Wildman–Crippen MR) is 65.6 cm³/mol. The van der Waals surface area contributed by atoms with Crippen LogP contribution < -0.4 is 5.32 Å². The van der Waals surface area contributed by atoms with E-state index in [2.05, 4.69) is 15.5 Å². The highest BCUT2D eigenvalue weighted by Crippen LogP contribution is 2.24. The molecule has 0 saturated carbocycles. The third-order valence-corrected chi connectivity index (χ3v) is 4.02. The average molecular weight is 244 g/mol. The minimum absolute atomic E-state index is 0.438. The minimum atomic E-state index is 0.438. The zero-order valence-corrected chi connectivity index (χ0v) is 10.0. The molecule has 1 fully saturated rings. The molecule has 1 N–H and O–H groups in total. The molecule has 1 aliphatic rings. The summed E-state index contributed by atoms with van der Waals surface area (Å²) in [6.45, 7) is 0.973. The van der Waals surface area contributed by atoms with Crippen molar-refractivity contribution in [3.63, 3.8) is 0 Å². The van der Waals surface area contributed by atoms with E-state index in [4.69, 9.17) is 11.6 Å². The Morgan fingerprint density at radius 3 is 3.00 bits per heavy atom. The van der Waals surface area contributed by atoms with Gasteiger partial charge in [-0.15, -0.1) is 10.2 Å². The van der Waals surface area contributed by atoms with Crippen LogP contribution in [0, 0.1) is 0 Å². The first kappa shape index (κ1) is 11.0. The van der Waals surface area contributed by atoms with Gasteiger partial charge in [-0.05, 0) is 30.7 Å². The summed E-state index contributed by atoms with van der Waals surface area (Å²) in [4.78, 5) is 0. The molecule has 0 bridgehead atoms. The van der Waals surface area contributed by atoms with Gasteiger partial charge in [-0.3, -0.25) is 0 Å². The topological polar surface area (TPSA) is 37.8 Å². The number of hydrogen-bond donors (Lipinski definition) is 1. The largest absolute Gasteiger partial charge is 0.367 e. The molecule has 1 aliphatic heterocycles. The van der Waals surface area contributed by atoms with Crippen LogP contribution in [0.1, 0.15) is 19.3 Å². The Balaban J connectivity index is 1.79. The first-order valence-electron chi connectivity index (χ1n) is 5.19. The summed E-state index contributed by atoms with van der Waals surface area (Å²) in [5, 5.41) is 12.2. The molecule has 0 spiro atoms. The number of nitrogens with one attached hydrogen (secondary N) is 1.